The van der Waals surface area contributed by atoms with Gasteiger partial charge in [-0.1, -0.05) is 42.7 Å². The van der Waals surface area contributed by atoms with E-state index in [0.29, 0.717) is 18.4 Å². The average Bonchev–Trinajstić information content (AvgIpc) is 2.88. The van der Waals surface area contributed by atoms with Gasteiger partial charge in [0.15, 0.2) is 0 Å². The topological polar surface area (TPSA) is 86.5 Å². The molecular formula is C25H38NO4+. The van der Waals surface area contributed by atoms with Gasteiger partial charge in [-0.05, 0) is 61.6 Å². The van der Waals surface area contributed by atoms with Crippen LogP contribution in [-0.2, 0) is 17.7 Å². The number of hydrogen-bond acceptors (Lipinski definition) is 4. The number of unbranched alkanes of at least 4 members (excludes halogenated alkanes) is 2. The molecule has 5 nitrogen and oxygen atoms in total. The van der Waals surface area contributed by atoms with Gasteiger partial charge >= 0.3 is 0 Å². The molecule has 2 aromatic rings. The van der Waals surface area contributed by atoms with E-state index in [4.69, 9.17) is 22.6 Å². The summed E-state index contributed by atoms with van der Waals surface area (Å²) in [6, 6.07) is 4.33. The molecule has 2 aromatic carbocycles. The first-order chi connectivity index (χ1) is 19.6. The van der Waals surface area contributed by atoms with Crippen LogP contribution in [0.3, 0.4) is 0 Å². The minimum atomic E-state index is -3.62. The Kier molecular flexibility index (Phi) is 5.80. The zero-order valence-corrected chi connectivity index (χ0v) is 16.7. The Labute approximate surface area is 199 Å². The van der Waals surface area contributed by atoms with Crippen LogP contribution in [0.15, 0.2) is 48.5 Å². The first-order valence-electron chi connectivity index (χ1n) is 16.3. The van der Waals surface area contributed by atoms with Crippen molar-refractivity contribution in [2.24, 2.45) is 0 Å². The number of ether oxygens (including phenoxy) is 1. The molecule has 1 atom stereocenters. The van der Waals surface area contributed by atoms with E-state index in [1.165, 1.54) is 23.5 Å². The number of rotatable bonds is 16. The molecule has 166 valence electrons. The lowest BCUT2D eigenvalue weighted by molar-refractivity contribution is -0.662. The Morgan fingerprint density at radius 1 is 1.10 bits per heavy atom. The maximum atomic E-state index is 10.4. The largest absolute Gasteiger partial charge is 0.508 e. The number of nitrogens with two attached hydrogens (primary N) is 1. The summed E-state index contributed by atoms with van der Waals surface area (Å²) >= 11 is 0. The molecule has 0 spiro atoms. The molecular weight excluding hydrogens is 378 g/mol. The van der Waals surface area contributed by atoms with Gasteiger partial charge in [-0.15, -0.1) is 0 Å². The number of benzene rings is 2. The number of hydrogen-bond donors (Lipinski definition) is 4. The molecule has 0 aliphatic heterocycles. The molecule has 0 aliphatic carbocycles. The second-order valence-electron chi connectivity index (χ2n) is 6.46. The van der Waals surface area contributed by atoms with Crippen LogP contribution in [0.5, 0.6) is 5.75 Å². The third-order valence-electron chi connectivity index (χ3n) is 4.18. The number of aliphatic hydroxyl groups is 2. The molecule has 30 heavy (non-hydrogen) atoms. The molecule has 0 fully saturated rings. The highest BCUT2D eigenvalue weighted by Gasteiger charge is 2.11. The van der Waals surface area contributed by atoms with Crippen molar-refractivity contribution in [3.8, 4) is 5.75 Å². The van der Waals surface area contributed by atoms with Crippen molar-refractivity contribution in [2.45, 2.75) is 57.5 Å². The molecule has 5 N–H and O–H groups in total. The zero-order valence-electron chi connectivity index (χ0n) is 29.7. The molecule has 0 aliphatic rings. The van der Waals surface area contributed by atoms with Gasteiger partial charge in [0.25, 0.3) is 0 Å². The number of aliphatic hydroxyl groups excluding tert-OH is 2. The van der Waals surface area contributed by atoms with Crippen LogP contribution in [0.2, 0.25) is 0 Å². The molecule has 0 saturated heterocycles. The van der Waals surface area contributed by atoms with Gasteiger partial charge in [0, 0.05) is 27.0 Å². The monoisotopic (exact) mass is 429 g/mol. The van der Waals surface area contributed by atoms with E-state index < -0.39 is 62.5 Å². The molecule has 0 heterocycles. The van der Waals surface area contributed by atoms with Crippen molar-refractivity contribution >= 4 is 0 Å². The fraction of sp³-hybridized carbons (Fsp3) is 0.520. The Bertz CT molecular complexity index is 1220. The molecule has 0 saturated carbocycles. The van der Waals surface area contributed by atoms with Gasteiger partial charge < -0.3 is 25.4 Å². The SMILES string of the molecule is [2H]c1cc([2H])c(C([2H])([2H])C([2H])([2H])C([2H])([2H])C([2H])([2H])OCCCCCC([2H])([2H])[NH2+]CC(O)c2ccc(O)c(CO)c2)c([2H])c1. The van der Waals surface area contributed by atoms with Crippen LogP contribution in [0.1, 0.15) is 79.0 Å². The Hall–Kier alpha value is -1.92. The molecule has 1 unspecified atom stereocenters. The Morgan fingerprint density at radius 3 is 2.70 bits per heavy atom. The first kappa shape index (κ1) is 11.6. The van der Waals surface area contributed by atoms with Crippen LogP contribution in [0.4, 0.5) is 0 Å². The molecule has 0 amide bonds. The summed E-state index contributed by atoms with van der Waals surface area (Å²) in [6.07, 6.45) is -10.7. The molecule has 0 radical (unpaired) electrons. The predicted molar refractivity (Wildman–Crippen MR) is 119 cm³/mol. The van der Waals surface area contributed by atoms with Gasteiger partial charge in [0.05, 0.1) is 22.7 Å². The highest BCUT2D eigenvalue weighted by molar-refractivity contribution is 5.36. The molecule has 2 rings (SSSR count). The van der Waals surface area contributed by atoms with Crippen molar-refractivity contribution in [2.75, 3.05) is 26.2 Å². The van der Waals surface area contributed by atoms with Gasteiger partial charge in [0.1, 0.15) is 18.4 Å². The minimum absolute atomic E-state index is 0.0345. The summed E-state index contributed by atoms with van der Waals surface area (Å²) in [7, 11) is 0. The van der Waals surface area contributed by atoms with Crippen molar-refractivity contribution in [1.29, 1.82) is 0 Å². The predicted octanol–water partition coefficient (Wildman–Crippen LogP) is 3.08. The highest BCUT2D eigenvalue weighted by Crippen LogP contribution is 2.21. The maximum absolute atomic E-state index is 10.4. The number of quaternary nitrogens is 1. The number of phenols is 1. The third-order valence-corrected chi connectivity index (χ3v) is 4.18. The van der Waals surface area contributed by atoms with Gasteiger partial charge in [-0.3, -0.25) is 0 Å². The normalized spacial score (nSPS) is 20.9. The van der Waals surface area contributed by atoms with Crippen LogP contribution in [0, 0.1) is 0 Å². The Balaban J connectivity index is 1.91. The van der Waals surface area contributed by atoms with Crippen LogP contribution < -0.4 is 5.32 Å². The van der Waals surface area contributed by atoms with Crippen molar-refractivity contribution in [1.82, 2.24) is 0 Å². The molecule has 0 bridgehead atoms. The quantitative estimate of drug-likeness (QED) is 0.309. The third kappa shape index (κ3) is 9.72. The van der Waals surface area contributed by atoms with Crippen molar-refractivity contribution < 1.29 is 43.2 Å². The average molecular weight is 430 g/mol. The van der Waals surface area contributed by atoms with Crippen LogP contribution in [-0.4, -0.2) is 41.5 Å². The number of aromatic hydroxyl groups is 1. The summed E-state index contributed by atoms with van der Waals surface area (Å²) in [6.45, 7) is -5.93. The summed E-state index contributed by atoms with van der Waals surface area (Å²) in [5.74, 6) is -0.118. The summed E-state index contributed by atoms with van der Waals surface area (Å²) in [5, 5.41) is 30.6. The van der Waals surface area contributed by atoms with Crippen LogP contribution in [0.25, 0.3) is 0 Å². The van der Waals surface area contributed by atoms with E-state index in [2.05, 4.69) is 0 Å². The van der Waals surface area contributed by atoms with E-state index >= 15 is 0 Å². The summed E-state index contributed by atoms with van der Waals surface area (Å²) < 4.78 is 110. The fourth-order valence-electron chi connectivity index (χ4n) is 2.54. The standard InChI is InChI=1S/C25H37NO4/c27-20-23-18-22(13-14-24(23)28)25(29)19-26-15-7-1-2-8-16-30-17-9-6-12-21-10-4-3-5-11-21/h3-5,10-11,13-14,18,25-29H,1-2,6-9,12,15-17,19-20H2/p+1/i3D,6D2,9D2,10D,11D,12D2,15D2,17D2. The second kappa shape index (κ2) is 15.0. The lowest BCUT2D eigenvalue weighted by Gasteiger charge is -2.12. The van der Waals surface area contributed by atoms with E-state index in [1.54, 1.807) is 0 Å². The zero-order chi connectivity index (χ0) is 33.0. The van der Waals surface area contributed by atoms with E-state index in [0.717, 1.165) is 12.1 Å². The summed E-state index contributed by atoms with van der Waals surface area (Å²) in [5.41, 5.74) is -0.175. The first-order valence-corrected chi connectivity index (χ1v) is 9.78. The van der Waals surface area contributed by atoms with Crippen molar-refractivity contribution in [3.05, 3.63) is 65.1 Å². The van der Waals surface area contributed by atoms with Crippen molar-refractivity contribution in [3.63, 3.8) is 0 Å². The summed E-state index contributed by atoms with van der Waals surface area (Å²) in [4.78, 5) is 0. The van der Waals surface area contributed by atoms with Gasteiger partial charge in [0.2, 0.25) is 0 Å². The maximum Gasteiger partial charge on any atom is 0.128 e. The van der Waals surface area contributed by atoms with E-state index in [9.17, 15) is 15.3 Å². The van der Waals surface area contributed by atoms with Gasteiger partial charge in [-0.2, -0.15) is 0 Å². The minimum Gasteiger partial charge on any atom is -0.508 e. The smallest absolute Gasteiger partial charge is 0.128 e. The van der Waals surface area contributed by atoms with E-state index in [-0.39, 0.29) is 43.3 Å². The highest BCUT2D eigenvalue weighted by atomic mass is 16.5. The second-order valence-corrected chi connectivity index (χ2v) is 6.46. The molecule has 5 heteroatoms. The Morgan fingerprint density at radius 2 is 1.90 bits per heavy atom. The fourth-order valence-corrected chi connectivity index (χ4v) is 2.54. The molecule has 0 aromatic heterocycles. The van der Waals surface area contributed by atoms with Crippen LogP contribution >= 0.6 is 0 Å². The van der Waals surface area contributed by atoms with E-state index in [1.807, 2.05) is 0 Å². The lowest BCUT2D eigenvalue weighted by atomic mass is 10.1. The lowest BCUT2D eigenvalue weighted by Crippen LogP contribution is -2.85. The van der Waals surface area contributed by atoms with Gasteiger partial charge in [-0.25, -0.2) is 0 Å².